The van der Waals surface area contributed by atoms with Crippen molar-refractivity contribution in [1.82, 2.24) is 4.98 Å². The van der Waals surface area contributed by atoms with Crippen LogP contribution in [0.25, 0.3) is 0 Å². The lowest BCUT2D eigenvalue weighted by molar-refractivity contribution is -0.140. The summed E-state index contributed by atoms with van der Waals surface area (Å²) in [4.78, 5) is 31.2. The lowest BCUT2D eigenvalue weighted by Crippen LogP contribution is -2.35. The topological polar surface area (TPSA) is 99.9 Å². The van der Waals surface area contributed by atoms with Crippen molar-refractivity contribution in [3.8, 4) is 0 Å². The van der Waals surface area contributed by atoms with E-state index in [1.807, 2.05) is 0 Å². The second-order valence-corrected chi connectivity index (χ2v) is 4.61. The number of aliphatic imine (C=N–C) groups is 1. The van der Waals surface area contributed by atoms with Gasteiger partial charge in [0.25, 0.3) is 0 Å². The Balaban J connectivity index is 2.65. The summed E-state index contributed by atoms with van der Waals surface area (Å²) in [5.41, 5.74) is 1.12. The summed E-state index contributed by atoms with van der Waals surface area (Å²) in [6.45, 7) is 3.16. The first kappa shape index (κ1) is 13.9. The van der Waals surface area contributed by atoms with E-state index in [1.165, 1.54) is 6.20 Å². The molecule has 6 heteroatoms. The zero-order valence-corrected chi connectivity index (χ0v) is 11.1. The molecule has 2 N–H and O–H groups in total. The van der Waals surface area contributed by atoms with Gasteiger partial charge in [0.05, 0.1) is 11.5 Å². The Morgan fingerprint density at radius 3 is 2.40 bits per heavy atom. The molecule has 1 aromatic heterocycles. The van der Waals surface area contributed by atoms with Crippen LogP contribution in [0.2, 0.25) is 0 Å². The van der Waals surface area contributed by atoms with Crippen LogP contribution in [0.5, 0.6) is 0 Å². The van der Waals surface area contributed by atoms with E-state index in [9.17, 15) is 19.8 Å². The molecule has 0 saturated heterocycles. The molecule has 6 nitrogen and oxygen atoms in total. The summed E-state index contributed by atoms with van der Waals surface area (Å²) in [7, 11) is 0. The van der Waals surface area contributed by atoms with Crippen LogP contribution in [0.4, 0.5) is 0 Å². The number of nitrogens with zero attached hydrogens (tertiary/aromatic N) is 2. The van der Waals surface area contributed by atoms with Crippen molar-refractivity contribution in [1.29, 1.82) is 0 Å². The quantitative estimate of drug-likeness (QED) is 0.873. The minimum absolute atomic E-state index is 0.0123. The number of aliphatic carboxylic acids is 2. The van der Waals surface area contributed by atoms with Crippen LogP contribution in [-0.4, -0.2) is 32.8 Å². The third-order valence-electron chi connectivity index (χ3n) is 3.33. The largest absolute Gasteiger partial charge is 0.481 e. The van der Waals surface area contributed by atoms with Gasteiger partial charge in [-0.05, 0) is 26.0 Å². The summed E-state index contributed by atoms with van der Waals surface area (Å²) in [5, 5.41) is 18.8. The normalized spacial score (nSPS) is 22.4. The summed E-state index contributed by atoms with van der Waals surface area (Å²) in [6.07, 6.45) is 1.52. The lowest BCUT2D eigenvalue weighted by atomic mass is 9.77. The van der Waals surface area contributed by atoms with Crippen LogP contribution in [0.15, 0.2) is 40.7 Å². The van der Waals surface area contributed by atoms with Crippen LogP contribution in [0.3, 0.4) is 0 Å². The van der Waals surface area contributed by atoms with Crippen LogP contribution in [0.1, 0.15) is 25.5 Å². The smallest absolute Gasteiger partial charge is 0.334 e. The molecule has 1 aliphatic rings. The van der Waals surface area contributed by atoms with E-state index in [2.05, 4.69) is 9.98 Å². The summed E-state index contributed by atoms with van der Waals surface area (Å²) < 4.78 is 0. The highest BCUT2D eigenvalue weighted by Crippen LogP contribution is 2.38. The standard InChI is InChI=1S/C14H14N2O4/c1-7-10(13(17)18)12(9-5-3-4-6-15-9)11(14(19)20)8(2)16-7/h3-6,10,12H,1-2H3,(H,17,18)(H,19,20). The minimum Gasteiger partial charge on any atom is -0.481 e. The van der Waals surface area contributed by atoms with Gasteiger partial charge < -0.3 is 10.2 Å². The molecule has 0 spiro atoms. The van der Waals surface area contributed by atoms with Crippen molar-refractivity contribution in [2.24, 2.45) is 10.9 Å². The van der Waals surface area contributed by atoms with Gasteiger partial charge in [-0.2, -0.15) is 0 Å². The van der Waals surface area contributed by atoms with Gasteiger partial charge >= 0.3 is 11.9 Å². The third kappa shape index (κ3) is 2.32. The van der Waals surface area contributed by atoms with E-state index in [4.69, 9.17) is 0 Å². The molecule has 1 aliphatic heterocycles. The number of carboxylic acid groups (broad SMARTS) is 2. The van der Waals surface area contributed by atoms with Crippen molar-refractivity contribution in [3.63, 3.8) is 0 Å². The fourth-order valence-electron chi connectivity index (χ4n) is 2.51. The zero-order valence-electron chi connectivity index (χ0n) is 11.1. The Kier molecular flexibility index (Phi) is 3.65. The van der Waals surface area contributed by atoms with Gasteiger partial charge in [-0.25, -0.2) is 4.79 Å². The van der Waals surface area contributed by atoms with Crippen LogP contribution in [0, 0.1) is 5.92 Å². The van der Waals surface area contributed by atoms with Crippen molar-refractivity contribution >= 4 is 17.7 Å². The molecular formula is C14H14N2O4. The number of pyridine rings is 1. The molecule has 0 radical (unpaired) electrons. The van der Waals surface area contributed by atoms with E-state index in [1.54, 1.807) is 32.0 Å². The average Bonchev–Trinajstić information content (AvgIpc) is 2.37. The lowest BCUT2D eigenvalue weighted by Gasteiger charge is -2.28. The molecule has 2 heterocycles. The van der Waals surface area contributed by atoms with Crippen molar-refractivity contribution in [3.05, 3.63) is 41.4 Å². The van der Waals surface area contributed by atoms with E-state index < -0.39 is 23.8 Å². The maximum atomic E-state index is 11.5. The fraction of sp³-hybridized carbons (Fsp3) is 0.286. The highest BCUT2D eigenvalue weighted by atomic mass is 16.4. The van der Waals surface area contributed by atoms with Crippen molar-refractivity contribution in [2.75, 3.05) is 0 Å². The highest BCUT2D eigenvalue weighted by molar-refractivity contribution is 6.06. The number of hydrogen-bond acceptors (Lipinski definition) is 4. The fourth-order valence-corrected chi connectivity index (χ4v) is 2.51. The van der Waals surface area contributed by atoms with E-state index in [0.717, 1.165) is 0 Å². The van der Waals surface area contributed by atoms with Crippen LogP contribution < -0.4 is 0 Å². The number of aromatic nitrogens is 1. The second kappa shape index (κ2) is 5.24. The molecule has 0 amide bonds. The summed E-state index contributed by atoms with van der Waals surface area (Å²) in [6, 6.07) is 5.03. The Hall–Kier alpha value is -2.50. The predicted octanol–water partition coefficient (Wildman–Crippen LogP) is 1.70. The second-order valence-electron chi connectivity index (χ2n) is 4.61. The molecular weight excluding hydrogens is 260 g/mol. The molecule has 1 aromatic rings. The van der Waals surface area contributed by atoms with E-state index in [-0.39, 0.29) is 5.57 Å². The van der Waals surface area contributed by atoms with Gasteiger partial charge in [-0.3, -0.25) is 14.8 Å². The molecule has 0 aromatic carbocycles. The third-order valence-corrected chi connectivity index (χ3v) is 3.33. The van der Waals surface area contributed by atoms with E-state index >= 15 is 0 Å². The highest BCUT2D eigenvalue weighted by Gasteiger charge is 2.41. The Morgan fingerprint density at radius 1 is 1.20 bits per heavy atom. The number of hydrogen-bond donors (Lipinski definition) is 2. The maximum absolute atomic E-state index is 11.5. The zero-order chi connectivity index (χ0) is 14.9. The monoisotopic (exact) mass is 274 g/mol. The van der Waals surface area contributed by atoms with Crippen LogP contribution in [-0.2, 0) is 9.59 Å². The Morgan fingerprint density at radius 2 is 1.90 bits per heavy atom. The molecule has 2 unspecified atom stereocenters. The Bertz CT molecular complexity index is 619. The van der Waals surface area contributed by atoms with Gasteiger partial charge in [-0.15, -0.1) is 0 Å². The number of allylic oxidation sites excluding steroid dienone is 1. The van der Waals surface area contributed by atoms with Crippen molar-refractivity contribution in [2.45, 2.75) is 19.8 Å². The molecule has 20 heavy (non-hydrogen) atoms. The van der Waals surface area contributed by atoms with E-state index in [0.29, 0.717) is 17.1 Å². The molecule has 0 bridgehead atoms. The molecule has 2 rings (SSSR count). The number of rotatable bonds is 3. The van der Waals surface area contributed by atoms with Crippen LogP contribution >= 0.6 is 0 Å². The first-order chi connectivity index (χ1) is 9.43. The van der Waals surface area contributed by atoms with Gasteiger partial charge in [0.2, 0.25) is 0 Å². The summed E-state index contributed by atoms with van der Waals surface area (Å²) in [5.74, 6) is -4.11. The molecule has 104 valence electrons. The first-order valence-electron chi connectivity index (χ1n) is 6.06. The molecule has 0 fully saturated rings. The van der Waals surface area contributed by atoms with Gasteiger partial charge in [0.15, 0.2) is 0 Å². The van der Waals surface area contributed by atoms with Gasteiger partial charge in [0.1, 0.15) is 5.92 Å². The van der Waals surface area contributed by atoms with Crippen molar-refractivity contribution < 1.29 is 19.8 Å². The molecule has 0 saturated carbocycles. The number of carboxylic acids is 2. The maximum Gasteiger partial charge on any atom is 0.334 e. The van der Waals surface area contributed by atoms with Gasteiger partial charge in [0, 0.05) is 23.3 Å². The average molecular weight is 274 g/mol. The first-order valence-corrected chi connectivity index (χ1v) is 6.06. The molecule has 2 atom stereocenters. The molecule has 0 aliphatic carbocycles. The number of carbonyl (C=O) groups is 2. The minimum atomic E-state index is -1.17. The SMILES string of the molecule is CC1=NC(C)=C(C(=O)O)C(c2ccccn2)C1C(=O)O. The summed E-state index contributed by atoms with van der Waals surface area (Å²) >= 11 is 0. The predicted molar refractivity (Wildman–Crippen MR) is 71.5 cm³/mol. The van der Waals surface area contributed by atoms with Gasteiger partial charge in [-0.1, -0.05) is 6.07 Å². The Labute approximate surface area is 115 Å².